The van der Waals surface area contributed by atoms with Crippen LogP contribution in [0, 0.1) is 11.8 Å². The normalized spacial score (nSPS) is 16.8. The monoisotopic (exact) mass is 1020 g/mol. The molecule has 1 aliphatic carbocycles. The van der Waals surface area contributed by atoms with E-state index >= 15 is 0 Å². The standard InChI is InChI=1S/C42H52N8O11.2C4H11N.C2H6/c43-15-5-3-9-30(38(55)46-20-34(52)53)47-33(51)19-45-39(56)31(10-4-6-16-44)49-37(54)23-11-13-24(14-12-23)41(58)61-36-27-18-32-35-26(17-25-7-1-2-8-29(25)48-35)21-50(32)40(57)28(27)22-60-42(36)59;2*1-2-3-4-5;1-2/h1-2,7-8,17-18,23-24,30-31,36H,3-6,9-16,19-22,43-44H2,(H,45,56)(H,46,55)(H,47,51)(H,49,54)(H,52,53);2*2-5H2,1H3;1-2H3. The molecule has 404 valence electrons. The average molecular weight is 1020 g/mol. The van der Waals surface area contributed by atoms with Gasteiger partial charge in [0, 0.05) is 22.4 Å². The van der Waals surface area contributed by atoms with Crippen molar-refractivity contribution in [3.05, 3.63) is 63.4 Å². The van der Waals surface area contributed by atoms with Crippen LogP contribution in [0.1, 0.15) is 140 Å². The highest BCUT2D eigenvalue weighted by atomic mass is 16.6. The topological polar surface area (TPSA) is 345 Å². The van der Waals surface area contributed by atoms with E-state index in [0.29, 0.717) is 56.7 Å². The molecule has 0 spiro atoms. The van der Waals surface area contributed by atoms with Gasteiger partial charge in [-0.05, 0) is 121 Å². The number of carbonyl (C=O) groups is 7. The van der Waals surface area contributed by atoms with Crippen molar-refractivity contribution in [1.29, 1.82) is 0 Å². The minimum atomic E-state index is -1.45. The van der Waals surface area contributed by atoms with Crippen LogP contribution in [0.4, 0.5) is 0 Å². The lowest BCUT2D eigenvalue weighted by Gasteiger charge is -2.30. The molecular weight excluding hydrogens is 941 g/mol. The maximum absolute atomic E-state index is 13.7. The number of ether oxygens (including phenoxy) is 2. The number of fused-ring (bicyclic) bond motifs is 5. The second-order valence-corrected chi connectivity index (χ2v) is 17.9. The van der Waals surface area contributed by atoms with Gasteiger partial charge in [0.15, 0.2) is 0 Å². The summed E-state index contributed by atoms with van der Waals surface area (Å²) < 4.78 is 12.7. The van der Waals surface area contributed by atoms with Gasteiger partial charge >= 0.3 is 17.9 Å². The van der Waals surface area contributed by atoms with Crippen molar-refractivity contribution in [3.63, 3.8) is 0 Å². The molecule has 4 amide bonds. The Morgan fingerprint density at radius 2 is 1.33 bits per heavy atom. The number of aliphatic carboxylic acids is 1. The molecule has 3 unspecified atom stereocenters. The zero-order valence-electron chi connectivity index (χ0n) is 43.1. The van der Waals surface area contributed by atoms with Crippen LogP contribution >= 0.6 is 0 Å². The molecule has 13 N–H and O–H groups in total. The maximum atomic E-state index is 13.7. The maximum Gasteiger partial charge on any atom is 0.352 e. The Morgan fingerprint density at radius 3 is 1.89 bits per heavy atom. The molecule has 21 nitrogen and oxygen atoms in total. The van der Waals surface area contributed by atoms with Gasteiger partial charge in [-0.3, -0.25) is 33.6 Å². The first kappa shape index (κ1) is 61.0. The lowest BCUT2D eigenvalue weighted by Crippen LogP contribution is -2.53. The summed E-state index contributed by atoms with van der Waals surface area (Å²) in [6.45, 7) is 9.60. The molecule has 0 radical (unpaired) electrons. The number of hydrogen-bond donors (Lipinski definition) is 9. The number of nitrogens with zero attached hydrogens (tertiary/aromatic N) is 2. The van der Waals surface area contributed by atoms with E-state index in [4.69, 9.17) is 42.5 Å². The van der Waals surface area contributed by atoms with Crippen molar-refractivity contribution in [3.8, 4) is 11.4 Å². The number of para-hydroxylation sites is 1. The van der Waals surface area contributed by atoms with Crippen LogP contribution < -0.4 is 49.8 Å². The third-order valence-corrected chi connectivity index (χ3v) is 12.5. The van der Waals surface area contributed by atoms with E-state index in [2.05, 4.69) is 35.1 Å². The van der Waals surface area contributed by atoms with Gasteiger partial charge in [0.25, 0.3) is 5.56 Å². The summed E-state index contributed by atoms with van der Waals surface area (Å²) in [7, 11) is 0. The van der Waals surface area contributed by atoms with E-state index in [-0.39, 0.29) is 61.8 Å². The number of rotatable bonds is 23. The van der Waals surface area contributed by atoms with Crippen molar-refractivity contribution in [2.24, 2.45) is 34.8 Å². The summed E-state index contributed by atoms with van der Waals surface area (Å²) in [4.78, 5) is 108. The Morgan fingerprint density at radius 1 is 0.767 bits per heavy atom. The minimum absolute atomic E-state index is 0.204. The van der Waals surface area contributed by atoms with Gasteiger partial charge in [-0.25, -0.2) is 9.78 Å². The number of nitrogens with one attached hydrogen (secondary N) is 4. The molecule has 21 heteroatoms. The van der Waals surface area contributed by atoms with Crippen molar-refractivity contribution < 1.29 is 48.1 Å². The number of pyridine rings is 2. The minimum Gasteiger partial charge on any atom is -0.480 e. The first-order valence-electron chi connectivity index (χ1n) is 25.9. The first-order valence-corrected chi connectivity index (χ1v) is 25.9. The molecule has 1 aromatic carbocycles. The Hall–Kier alpha value is -6.29. The van der Waals surface area contributed by atoms with E-state index in [0.717, 1.165) is 29.6 Å². The van der Waals surface area contributed by atoms with Crippen molar-refractivity contribution >= 4 is 52.4 Å². The number of hydrogen-bond acceptors (Lipinski definition) is 15. The van der Waals surface area contributed by atoms with Gasteiger partial charge in [0.2, 0.25) is 29.7 Å². The highest BCUT2D eigenvalue weighted by Crippen LogP contribution is 2.38. The predicted octanol–water partition coefficient (Wildman–Crippen LogP) is 2.93. The van der Waals surface area contributed by atoms with Crippen LogP contribution in [-0.4, -0.2) is 108 Å². The number of unbranched alkanes of at least 4 members (excludes halogenated alkanes) is 4. The van der Waals surface area contributed by atoms with E-state index in [1.807, 2.05) is 44.2 Å². The fourth-order valence-electron chi connectivity index (χ4n) is 8.42. The number of aromatic nitrogens is 2. The summed E-state index contributed by atoms with van der Waals surface area (Å²) in [6.07, 6.45) is 7.03. The summed E-state index contributed by atoms with van der Waals surface area (Å²) in [5.41, 5.74) is 24.3. The average Bonchev–Trinajstić information content (AvgIpc) is 3.75. The fourth-order valence-corrected chi connectivity index (χ4v) is 8.42. The zero-order chi connectivity index (χ0) is 53.9. The van der Waals surface area contributed by atoms with Crippen LogP contribution in [0.5, 0.6) is 0 Å². The molecule has 1 fully saturated rings. The molecule has 1 saturated carbocycles. The number of carboxylic acid groups (broad SMARTS) is 1. The van der Waals surface area contributed by atoms with E-state index < -0.39 is 84.6 Å². The van der Waals surface area contributed by atoms with Crippen LogP contribution in [0.15, 0.2) is 41.2 Å². The van der Waals surface area contributed by atoms with Crippen molar-refractivity contribution in [1.82, 2.24) is 30.8 Å². The summed E-state index contributed by atoms with van der Waals surface area (Å²) in [6, 6.07) is 9.22. The summed E-state index contributed by atoms with van der Waals surface area (Å²) in [5, 5.41) is 19.9. The number of esters is 2. The van der Waals surface area contributed by atoms with Crippen molar-refractivity contribution in [2.75, 3.05) is 39.3 Å². The zero-order valence-corrected chi connectivity index (χ0v) is 43.1. The largest absolute Gasteiger partial charge is 0.480 e. The third-order valence-electron chi connectivity index (χ3n) is 12.5. The molecule has 4 heterocycles. The number of benzene rings is 1. The molecule has 73 heavy (non-hydrogen) atoms. The number of cyclic esters (lactones) is 1. The number of carbonyl (C=O) groups excluding carboxylic acids is 6. The fraction of sp³-hybridized carbons (Fsp3) is 0.596. The Labute approximate surface area is 428 Å². The highest BCUT2D eigenvalue weighted by molar-refractivity contribution is 5.93. The lowest BCUT2D eigenvalue weighted by molar-refractivity contribution is -0.175. The molecule has 6 rings (SSSR count). The molecule has 3 aromatic rings. The van der Waals surface area contributed by atoms with E-state index in [1.54, 1.807) is 10.6 Å². The van der Waals surface area contributed by atoms with Gasteiger partial charge in [-0.2, -0.15) is 0 Å². The van der Waals surface area contributed by atoms with E-state index in [9.17, 15) is 38.4 Å². The molecule has 2 aliphatic heterocycles. The molecule has 0 saturated heterocycles. The highest BCUT2D eigenvalue weighted by Gasteiger charge is 2.40. The van der Waals surface area contributed by atoms with Crippen LogP contribution in [-0.2, 0) is 56.2 Å². The Balaban J connectivity index is 0.00000106. The summed E-state index contributed by atoms with van der Waals surface area (Å²) >= 11 is 0. The smallest absolute Gasteiger partial charge is 0.352 e. The SMILES string of the molecule is CC.CCCCN.CCCCN.NCCCCC(NC(=O)CNC(=O)C(CCCCN)NC(=O)C1CCC(C(=O)OC2C(=O)OCc3c2cc2n(c3=O)Cc3cc4ccccc4nc3-2)CC1)C(=O)NCC(=O)O. The molecule has 0 bridgehead atoms. The number of carboxylic acids is 1. The molecule has 3 aliphatic rings. The van der Waals surface area contributed by atoms with Crippen LogP contribution in [0.2, 0.25) is 0 Å². The predicted molar refractivity (Wildman–Crippen MR) is 277 cm³/mol. The van der Waals surface area contributed by atoms with Gasteiger partial charge in [-0.15, -0.1) is 0 Å². The van der Waals surface area contributed by atoms with Crippen LogP contribution in [0.25, 0.3) is 22.3 Å². The van der Waals surface area contributed by atoms with Crippen molar-refractivity contribution in [2.45, 2.75) is 149 Å². The number of amides is 4. The third kappa shape index (κ3) is 18.6. The second-order valence-electron chi connectivity index (χ2n) is 17.9. The molecular formula is C52H80N10O11. The van der Waals surface area contributed by atoms with Gasteiger partial charge < -0.3 is 63.3 Å². The van der Waals surface area contributed by atoms with Gasteiger partial charge in [-0.1, -0.05) is 58.7 Å². The Kier molecular flexibility index (Phi) is 27.3. The second kappa shape index (κ2) is 32.7. The lowest BCUT2D eigenvalue weighted by atomic mass is 9.81. The summed E-state index contributed by atoms with van der Waals surface area (Å²) in [5.74, 6) is -6.27. The van der Waals surface area contributed by atoms with Gasteiger partial charge in [0.05, 0.1) is 41.5 Å². The Bertz CT molecular complexity index is 2340. The van der Waals surface area contributed by atoms with Gasteiger partial charge in [0.1, 0.15) is 25.2 Å². The first-order chi connectivity index (χ1) is 35.2. The van der Waals surface area contributed by atoms with Crippen LogP contribution in [0.3, 0.4) is 0 Å². The number of nitrogens with two attached hydrogens (primary N) is 4. The molecule has 2 aromatic heterocycles. The van der Waals surface area contributed by atoms with E-state index in [1.165, 1.54) is 25.7 Å². The molecule has 3 atom stereocenters. The quantitative estimate of drug-likeness (QED) is 0.0381.